The van der Waals surface area contributed by atoms with Gasteiger partial charge in [-0.3, -0.25) is 0 Å². The molecule has 0 saturated carbocycles. The van der Waals surface area contributed by atoms with E-state index in [-0.39, 0.29) is 0 Å². The second-order valence-corrected chi connectivity index (χ2v) is 6.82. The Morgan fingerprint density at radius 2 is 0.955 bits per heavy atom. The van der Waals surface area contributed by atoms with Gasteiger partial charge >= 0.3 is 24.5 Å². The van der Waals surface area contributed by atoms with Crippen molar-refractivity contribution in [3.63, 3.8) is 0 Å². The van der Waals surface area contributed by atoms with E-state index < -0.39 is 51.4 Å². The van der Waals surface area contributed by atoms with Crippen molar-refractivity contribution in [2.45, 2.75) is 50.0 Å². The molecule has 0 aromatic heterocycles. The topological polar surface area (TPSA) is 0 Å². The van der Waals surface area contributed by atoms with Gasteiger partial charge in [-0.15, -0.1) is 11.8 Å². The fraction of sp³-hybridized carbons (Fsp3) is 0.800. The normalized spacial score (nSPS) is 15.0. The maximum absolute atomic E-state index is 13.2. The number of allylic oxidation sites excluding steroid dienone is 2. The molecule has 0 aliphatic rings. The first-order valence-corrected chi connectivity index (χ1v) is 6.05. The van der Waals surface area contributed by atoms with Crippen LogP contribution in [-0.2, 0) is 0 Å². The summed E-state index contributed by atoms with van der Waals surface area (Å²) >= 11 is -0.833. The van der Waals surface area contributed by atoms with Crippen LogP contribution >= 0.6 is 11.8 Å². The molecule has 0 radical (unpaired) electrons. The molecule has 0 aromatic carbocycles. The molecule has 0 rings (SSSR count). The Labute approximate surface area is 121 Å². The van der Waals surface area contributed by atoms with Gasteiger partial charge in [0.15, 0.2) is 5.57 Å². The van der Waals surface area contributed by atoms with Crippen LogP contribution in [0.5, 0.6) is 0 Å². The molecule has 0 unspecified atom stereocenters. The third-order valence-corrected chi connectivity index (χ3v) is 3.12. The molecule has 0 aliphatic heterocycles. The highest BCUT2D eigenvalue weighted by molar-refractivity contribution is 8.04. The molecule has 0 nitrogen and oxygen atoms in total. The maximum Gasteiger partial charge on any atom is 0.458 e. The van der Waals surface area contributed by atoms with Crippen molar-refractivity contribution in [2.75, 3.05) is 0 Å². The molecule has 12 heteroatoms. The summed E-state index contributed by atoms with van der Waals surface area (Å²) in [6, 6.07) is 0. The van der Waals surface area contributed by atoms with Crippen molar-refractivity contribution >= 4 is 11.8 Å². The minimum Gasteiger partial charge on any atom is -0.190 e. The van der Waals surface area contributed by atoms with Gasteiger partial charge in [0.05, 0.1) is 4.91 Å². The van der Waals surface area contributed by atoms with Gasteiger partial charge in [0.1, 0.15) is 0 Å². The van der Waals surface area contributed by atoms with Crippen LogP contribution < -0.4 is 0 Å². The van der Waals surface area contributed by atoms with E-state index in [4.69, 9.17) is 0 Å². The van der Waals surface area contributed by atoms with E-state index in [1.807, 2.05) is 0 Å². The Bertz CT molecular complexity index is 414. The lowest BCUT2D eigenvalue weighted by Crippen LogP contribution is -2.42. The molecular weight excluding hydrogens is 361 g/mol. The van der Waals surface area contributed by atoms with E-state index in [2.05, 4.69) is 0 Å². The molecule has 0 bridgehead atoms. The van der Waals surface area contributed by atoms with Gasteiger partial charge in [-0.1, -0.05) is 20.8 Å². The molecule has 0 atom stereocenters. The van der Waals surface area contributed by atoms with Crippen molar-refractivity contribution < 1.29 is 48.3 Å². The molecular formula is C10H9F11S. The zero-order valence-corrected chi connectivity index (χ0v) is 11.9. The summed E-state index contributed by atoms with van der Waals surface area (Å²) in [5, 5.41) is 0. The summed E-state index contributed by atoms with van der Waals surface area (Å²) in [5.41, 5.74) is -3.86. The van der Waals surface area contributed by atoms with Crippen LogP contribution in [0.2, 0.25) is 0 Å². The summed E-state index contributed by atoms with van der Waals surface area (Å²) in [6.07, 6.45) is -19.5. The number of alkyl halides is 11. The van der Waals surface area contributed by atoms with Crippen LogP contribution in [0.4, 0.5) is 48.3 Å². The molecule has 22 heavy (non-hydrogen) atoms. The molecule has 0 amide bonds. The molecule has 132 valence electrons. The highest BCUT2D eigenvalue weighted by Gasteiger charge is 2.66. The quantitative estimate of drug-likeness (QED) is 0.530. The Kier molecular flexibility index (Phi) is 5.57. The Balaban J connectivity index is 6.68. The van der Waals surface area contributed by atoms with Gasteiger partial charge in [-0.2, -0.15) is 48.3 Å². The summed E-state index contributed by atoms with van der Waals surface area (Å²) < 4.78 is 136. The molecule has 0 saturated heterocycles. The first-order valence-electron chi connectivity index (χ1n) is 5.24. The third kappa shape index (κ3) is 5.20. The van der Waals surface area contributed by atoms with E-state index >= 15 is 0 Å². The number of thioether (sulfide) groups is 1. The number of halogens is 11. The lowest BCUT2D eigenvalue weighted by molar-refractivity contribution is -0.264. The molecule has 0 fully saturated rings. The van der Waals surface area contributed by atoms with Crippen LogP contribution in [-0.4, -0.2) is 29.2 Å². The van der Waals surface area contributed by atoms with Gasteiger partial charge in [0.2, 0.25) is 0 Å². The first-order chi connectivity index (χ1) is 9.21. The lowest BCUT2D eigenvalue weighted by atomic mass is 10.1. The predicted molar refractivity (Wildman–Crippen MR) is 57.5 cm³/mol. The fourth-order valence-electron chi connectivity index (χ4n) is 1.13. The average molecular weight is 370 g/mol. The second-order valence-electron chi connectivity index (χ2n) is 4.99. The first kappa shape index (κ1) is 21.3. The second kappa shape index (κ2) is 5.75. The van der Waals surface area contributed by atoms with Crippen LogP contribution in [0.1, 0.15) is 20.8 Å². The van der Waals surface area contributed by atoms with Crippen LogP contribution in [0.15, 0.2) is 10.5 Å². The van der Waals surface area contributed by atoms with E-state index in [9.17, 15) is 48.3 Å². The van der Waals surface area contributed by atoms with Gasteiger partial charge in [0, 0.05) is 4.75 Å². The summed E-state index contributed by atoms with van der Waals surface area (Å²) in [5.74, 6) is -6.30. The average Bonchev–Trinajstić information content (AvgIpc) is 2.07. The highest BCUT2D eigenvalue weighted by atomic mass is 32.2. The van der Waals surface area contributed by atoms with Gasteiger partial charge < -0.3 is 0 Å². The SMILES string of the molecule is CC(C)(C)SC(=C(C(F)(F)F)C(F)(F)F)C(F)(F)C(F)(F)F. The monoisotopic (exact) mass is 370 g/mol. The van der Waals surface area contributed by atoms with Gasteiger partial charge in [-0.05, 0) is 0 Å². The van der Waals surface area contributed by atoms with E-state index in [1.165, 1.54) is 0 Å². The zero-order chi connectivity index (χ0) is 18.4. The van der Waals surface area contributed by atoms with E-state index in [0.29, 0.717) is 0 Å². The number of rotatable bonds is 2. The predicted octanol–water partition coefficient (Wildman–Crippen LogP) is 6.09. The number of hydrogen-bond acceptors (Lipinski definition) is 1. The van der Waals surface area contributed by atoms with Crippen molar-refractivity contribution in [2.24, 2.45) is 0 Å². The highest BCUT2D eigenvalue weighted by Crippen LogP contribution is 2.55. The van der Waals surface area contributed by atoms with E-state index in [0.717, 1.165) is 20.8 Å². The minimum absolute atomic E-state index is 0.833. The van der Waals surface area contributed by atoms with Gasteiger partial charge in [0.25, 0.3) is 0 Å². The minimum atomic E-state index is -6.61. The Morgan fingerprint density at radius 3 is 1.14 bits per heavy atom. The summed E-state index contributed by atoms with van der Waals surface area (Å²) in [7, 11) is 0. The van der Waals surface area contributed by atoms with Crippen LogP contribution in [0, 0.1) is 0 Å². The van der Waals surface area contributed by atoms with Crippen molar-refractivity contribution in [3.8, 4) is 0 Å². The standard InChI is InChI=1S/C10H9F11S/c1-6(2,3)22-5(7(11,12)10(19,20)21)4(8(13,14)15)9(16,17)18/h1-3H3. The summed E-state index contributed by atoms with van der Waals surface area (Å²) in [6.45, 7) is 2.69. The molecule has 0 N–H and O–H groups in total. The fourth-order valence-corrected chi connectivity index (χ4v) is 2.32. The van der Waals surface area contributed by atoms with E-state index in [1.54, 1.807) is 0 Å². The lowest BCUT2D eigenvalue weighted by Gasteiger charge is -2.30. The van der Waals surface area contributed by atoms with Crippen LogP contribution in [0.3, 0.4) is 0 Å². The smallest absolute Gasteiger partial charge is 0.190 e. The molecule has 0 heterocycles. The summed E-state index contributed by atoms with van der Waals surface area (Å²) in [4.78, 5) is -3.12. The third-order valence-electron chi connectivity index (χ3n) is 1.84. The Morgan fingerprint density at radius 1 is 0.636 bits per heavy atom. The largest absolute Gasteiger partial charge is 0.458 e. The van der Waals surface area contributed by atoms with Crippen molar-refractivity contribution in [3.05, 3.63) is 10.5 Å². The zero-order valence-electron chi connectivity index (χ0n) is 11.1. The molecule has 0 aromatic rings. The maximum atomic E-state index is 13.2. The van der Waals surface area contributed by atoms with Crippen LogP contribution in [0.25, 0.3) is 0 Å². The van der Waals surface area contributed by atoms with Crippen molar-refractivity contribution in [1.29, 1.82) is 0 Å². The Hall–Kier alpha value is -0.680. The van der Waals surface area contributed by atoms with Crippen molar-refractivity contribution in [1.82, 2.24) is 0 Å². The van der Waals surface area contributed by atoms with Gasteiger partial charge in [-0.25, -0.2) is 0 Å². The molecule has 0 spiro atoms. The molecule has 0 aliphatic carbocycles. The number of hydrogen-bond donors (Lipinski definition) is 0.